The SMILES string of the molecule is COc1cccc(N(C)Cc2n[nH]c(=O)[nH]2)c1. The monoisotopic (exact) mass is 234 g/mol. The van der Waals surface area contributed by atoms with Crippen molar-refractivity contribution >= 4 is 5.69 Å². The van der Waals surface area contributed by atoms with Crippen molar-refractivity contribution in [3.8, 4) is 5.75 Å². The lowest BCUT2D eigenvalue weighted by Crippen LogP contribution is -2.17. The average Bonchev–Trinajstić information content (AvgIpc) is 2.75. The number of H-pyrrole nitrogens is 2. The second-order valence-corrected chi connectivity index (χ2v) is 3.68. The normalized spacial score (nSPS) is 10.2. The van der Waals surface area contributed by atoms with Crippen molar-refractivity contribution in [3.63, 3.8) is 0 Å². The Morgan fingerprint density at radius 3 is 2.94 bits per heavy atom. The lowest BCUT2D eigenvalue weighted by Gasteiger charge is -2.18. The molecular weight excluding hydrogens is 220 g/mol. The predicted octanol–water partition coefficient (Wildman–Crippen LogP) is 0.743. The van der Waals surface area contributed by atoms with Crippen molar-refractivity contribution in [2.24, 2.45) is 0 Å². The first-order valence-corrected chi connectivity index (χ1v) is 5.18. The molecule has 0 radical (unpaired) electrons. The van der Waals surface area contributed by atoms with Crippen LogP contribution in [0.4, 0.5) is 5.69 Å². The van der Waals surface area contributed by atoms with Crippen molar-refractivity contribution in [3.05, 3.63) is 40.6 Å². The van der Waals surface area contributed by atoms with Crippen LogP contribution in [0.1, 0.15) is 5.82 Å². The quantitative estimate of drug-likeness (QED) is 0.818. The number of rotatable bonds is 4. The number of aromatic amines is 2. The number of aromatic nitrogens is 3. The minimum atomic E-state index is -0.293. The van der Waals surface area contributed by atoms with Crippen molar-refractivity contribution in [2.45, 2.75) is 6.54 Å². The molecule has 1 aromatic carbocycles. The van der Waals surface area contributed by atoms with Gasteiger partial charge in [0.2, 0.25) is 0 Å². The van der Waals surface area contributed by atoms with Crippen LogP contribution in [0, 0.1) is 0 Å². The fourth-order valence-corrected chi connectivity index (χ4v) is 1.54. The van der Waals surface area contributed by atoms with Gasteiger partial charge in [0, 0.05) is 18.8 Å². The van der Waals surface area contributed by atoms with Gasteiger partial charge in [-0.3, -0.25) is 4.98 Å². The van der Waals surface area contributed by atoms with Crippen molar-refractivity contribution < 1.29 is 4.74 Å². The van der Waals surface area contributed by atoms with Crippen molar-refractivity contribution in [2.75, 3.05) is 19.1 Å². The number of nitrogens with zero attached hydrogens (tertiary/aromatic N) is 2. The largest absolute Gasteiger partial charge is 0.497 e. The Bertz CT molecular complexity index is 546. The highest BCUT2D eigenvalue weighted by Gasteiger charge is 2.05. The predicted molar refractivity (Wildman–Crippen MR) is 64.3 cm³/mol. The summed E-state index contributed by atoms with van der Waals surface area (Å²) in [7, 11) is 3.55. The van der Waals surface area contributed by atoms with Crippen LogP contribution in [0.15, 0.2) is 29.1 Å². The molecule has 1 aromatic heterocycles. The first-order chi connectivity index (χ1) is 8.19. The zero-order valence-corrected chi connectivity index (χ0v) is 9.73. The van der Waals surface area contributed by atoms with Gasteiger partial charge in [0.15, 0.2) is 0 Å². The Morgan fingerprint density at radius 1 is 1.47 bits per heavy atom. The van der Waals surface area contributed by atoms with Gasteiger partial charge >= 0.3 is 5.69 Å². The van der Waals surface area contributed by atoms with Gasteiger partial charge in [-0.1, -0.05) is 6.07 Å². The molecule has 90 valence electrons. The summed E-state index contributed by atoms with van der Waals surface area (Å²) < 4.78 is 5.15. The standard InChI is InChI=1S/C11H14N4O2/c1-15(7-10-12-11(16)14-13-10)8-4-3-5-9(6-8)17-2/h3-6H,7H2,1-2H3,(H2,12,13,14,16). The zero-order chi connectivity index (χ0) is 12.3. The molecule has 1 heterocycles. The van der Waals surface area contributed by atoms with Gasteiger partial charge in [0.25, 0.3) is 0 Å². The Balaban J connectivity index is 2.13. The van der Waals surface area contributed by atoms with E-state index < -0.39 is 0 Å². The molecular formula is C11H14N4O2. The van der Waals surface area contributed by atoms with E-state index in [0.29, 0.717) is 12.4 Å². The maximum absolute atomic E-state index is 10.9. The van der Waals surface area contributed by atoms with Crippen LogP contribution in [-0.4, -0.2) is 29.3 Å². The Morgan fingerprint density at radius 2 is 2.29 bits per heavy atom. The number of benzene rings is 1. The van der Waals surface area contributed by atoms with E-state index in [0.717, 1.165) is 11.4 Å². The average molecular weight is 234 g/mol. The number of hydrogen-bond acceptors (Lipinski definition) is 4. The van der Waals surface area contributed by atoms with E-state index >= 15 is 0 Å². The van der Waals surface area contributed by atoms with Crippen LogP contribution in [0.25, 0.3) is 0 Å². The van der Waals surface area contributed by atoms with E-state index in [1.54, 1.807) is 7.11 Å². The third-order valence-electron chi connectivity index (χ3n) is 2.43. The maximum atomic E-state index is 10.9. The van der Waals surface area contributed by atoms with Gasteiger partial charge in [-0.25, -0.2) is 9.89 Å². The molecule has 0 atom stereocenters. The Kier molecular flexibility index (Phi) is 3.13. The van der Waals surface area contributed by atoms with Crippen molar-refractivity contribution in [1.29, 1.82) is 0 Å². The van der Waals surface area contributed by atoms with Gasteiger partial charge in [-0.15, -0.1) is 0 Å². The van der Waals surface area contributed by atoms with Crippen LogP contribution >= 0.6 is 0 Å². The number of ether oxygens (including phenoxy) is 1. The molecule has 0 saturated carbocycles. The van der Waals surface area contributed by atoms with Gasteiger partial charge in [-0.2, -0.15) is 5.10 Å². The number of nitrogens with one attached hydrogen (secondary N) is 2. The van der Waals surface area contributed by atoms with Crippen LogP contribution in [0.5, 0.6) is 5.75 Å². The third kappa shape index (κ3) is 2.66. The lowest BCUT2D eigenvalue weighted by atomic mass is 10.3. The molecule has 0 amide bonds. The Labute approximate surface area is 98.2 Å². The highest BCUT2D eigenvalue weighted by Crippen LogP contribution is 2.20. The second kappa shape index (κ2) is 4.73. The molecule has 0 spiro atoms. The third-order valence-corrected chi connectivity index (χ3v) is 2.43. The second-order valence-electron chi connectivity index (χ2n) is 3.68. The summed E-state index contributed by atoms with van der Waals surface area (Å²) in [6, 6.07) is 7.68. The molecule has 17 heavy (non-hydrogen) atoms. The Hall–Kier alpha value is -2.24. The van der Waals surface area contributed by atoms with E-state index in [2.05, 4.69) is 15.2 Å². The molecule has 6 nitrogen and oxygen atoms in total. The molecule has 0 unspecified atom stereocenters. The van der Waals surface area contributed by atoms with E-state index in [-0.39, 0.29) is 5.69 Å². The molecule has 0 aliphatic rings. The fraction of sp³-hybridized carbons (Fsp3) is 0.273. The van der Waals surface area contributed by atoms with E-state index in [4.69, 9.17) is 4.74 Å². The highest BCUT2D eigenvalue weighted by molar-refractivity contribution is 5.50. The number of hydrogen-bond donors (Lipinski definition) is 2. The maximum Gasteiger partial charge on any atom is 0.340 e. The summed E-state index contributed by atoms with van der Waals surface area (Å²) in [6.45, 7) is 0.520. The van der Waals surface area contributed by atoms with Gasteiger partial charge in [-0.05, 0) is 12.1 Å². The summed E-state index contributed by atoms with van der Waals surface area (Å²) >= 11 is 0. The number of anilines is 1. The van der Waals surface area contributed by atoms with Gasteiger partial charge in [0.1, 0.15) is 11.6 Å². The molecule has 0 fully saturated rings. The van der Waals surface area contributed by atoms with Crippen LogP contribution < -0.4 is 15.3 Å². The molecule has 0 saturated heterocycles. The minimum absolute atomic E-state index is 0.293. The molecule has 0 bridgehead atoms. The fourth-order valence-electron chi connectivity index (χ4n) is 1.54. The van der Waals surface area contributed by atoms with Crippen LogP contribution in [0.2, 0.25) is 0 Å². The molecule has 6 heteroatoms. The lowest BCUT2D eigenvalue weighted by molar-refractivity contribution is 0.415. The van der Waals surface area contributed by atoms with E-state index in [9.17, 15) is 4.79 Å². The van der Waals surface area contributed by atoms with Crippen LogP contribution in [-0.2, 0) is 6.54 Å². The minimum Gasteiger partial charge on any atom is -0.497 e. The molecule has 2 aromatic rings. The molecule has 0 aliphatic carbocycles. The van der Waals surface area contributed by atoms with Crippen LogP contribution in [0.3, 0.4) is 0 Å². The number of methoxy groups -OCH3 is 1. The zero-order valence-electron chi connectivity index (χ0n) is 9.73. The van der Waals surface area contributed by atoms with E-state index in [1.165, 1.54) is 0 Å². The summed E-state index contributed by atoms with van der Waals surface area (Å²) in [5, 5.41) is 6.19. The smallest absolute Gasteiger partial charge is 0.340 e. The summed E-state index contributed by atoms with van der Waals surface area (Å²) in [5.41, 5.74) is 0.701. The van der Waals surface area contributed by atoms with Gasteiger partial charge in [0.05, 0.1) is 13.7 Å². The first kappa shape index (κ1) is 11.3. The van der Waals surface area contributed by atoms with E-state index in [1.807, 2.05) is 36.2 Å². The summed E-state index contributed by atoms with van der Waals surface area (Å²) in [5.74, 6) is 1.39. The molecule has 0 aliphatic heterocycles. The van der Waals surface area contributed by atoms with Crippen molar-refractivity contribution in [1.82, 2.24) is 15.2 Å². The highest BCUT2D eigenvalue weighted by atomic mass is 16.5. The summed E-state index contributed by atoms with van der Waals surface area (Å²) in [6.07, 6.45) is 0. The summed E-state index contributed by atoms with van der Waals surface area (Å²) in [4.78, 5) is 15.5. The van der Waals surface area contributed by atoms with Gasteiger partial charge < -0.3 is 9.64 Å². The molecule has 2 N–H and O–H groups in total. The first-order valence-electron chi connectivity index (χ1n) is 5.18. The molecule has 2 rings (SSSR count). The topological polar surface area (TPSA) is 74.0 Å².